The molecule has 0 atom stereocenters. The number of allylic oxidation sites excluding steroid dienone is 10. The number of hydrogen-bond donors (Lipinski definition) is 4. The predicted molar refractivity (Wildman–Crippen MR) is 193 cm³/mol. The number of aromatic nitrogens is 3. The Bertz CT molecular complexity index is 2930. The monoisotopic (exact) mass is 925 g/mol. The van der Waals surface area contributed by atoms with Crippen LogP contribution in [0.15, 0.2) is 138 Å². The van der Waals surface area contributed by atoms with Crippen LogP contribution in [-0.4, -0.2) is 77.2 Å². The van der Waals surface area contributed by atoms with Crippen LogP contribution in [0.2, 0.25) is 5.02 Å². The fourth-order valence-electron chi connectivity index (χ4n) is 4.97. The van der Waals surface area contributed by atoms with E-state index in [1.54, 1.807) is 0 Å². The average Bonchev–Trinajstić information content (AvgIpc) is 3.14. The van der Waals surface area contributed by atoms with E-state index in [1.165, 1.54) is 66.9 Å². The second-order valence-corrected chi connectivity index (χ2v) is 15.9. The maximum atomic E-state index is 13.6. The summed E-state index contributed by atoms with van der Waals surface area (Å²) in [5.74, 6) is -3.32. The molecule has 0 fully saturated rings. The summed E-state index contributed by atoms with van der Waals surface area (Å²) in [6, 6.07) is 6.45. The fraction of sp³-hybridized carbons (Fsp3) is 0.0312. The van der Waals surface area contributed by atoms with E-state index >= 15 is 0 Å². The van der Waals surface area contributed by atoms with Crippen molar-refractivity contribution in [3.63, 3.8) is 0 Å². The van der Waals surface area contributed by atoms with Crippen molar-refractivity contribution < 1.29 is 152 Å². The third-order valence-electron chi connectivity index (χ3n) is 7.61. The van der Waals surface area contributed by atoms with Gasteiger partial charge in [0, 0.05) is 18.5 Å². The van der Waals surface area contributed by atoms with E-state index in [2.05, 4.69) is 35.2 Å². The van der Waals surface area contributed by atoms with Crippen LogP contribution in [0.5, 0.6) is 5.75 Å². The zero-order chi connectivity index (χ0) is 41.4. The molecule has 2 heterocycles. The molecular weight excluding hydrogens is 905 g/mol. The Kier molecular flexibility index (Phi) is 17.1. The molecule has 1 aliphatic heterocycles. The van der Waals surface area contributed by atoms with Crippen LogP contribution >= 0.6 is 11.6 Å². The molecule has 294 valence electrons. The number of halogens is 1. The summed E-state index contributed by atoms with van der Waals surface area (Å²) in [5, 5.41) is 42.5. The number of hydrogen-bond acceptors (Lipinski definition) is 17. The van der Waals surface area contributed by atoms with E-state index in [4.69, 9.17) is 16.3 Å². The third kappa shape index (κ3) is 11.9. The van der Waals surface area contributed by atoms with Gasteiger partial charge in [0.1, 0.15) is 15.8 Å². The van der Waals surface area contributed by atoms with Crippen molar-refractivity contribution in [3.05, 3.63) is 124 Å². The standard InChI is InChI=1S/C32H23ClN8O13S3.3Na/c1-54-19-3-7-23(25(14-19)56(48,49)50)39-40-27-26(57(51,52)53)13-17-12-18(2-5-21(17)28(27)42)34-30-36-31(35-24-15-20(55(45,46)47)4-6-22(24)33)38-32(37-30)41-10-8-16(9-11-41)29(43)44;;;/h2-15H,1H3,(H6-,34,35,36,37,38,42,43,44,45,46,47,48,49,50,51,52,53);;;/q;3*+1/p-2. The van der Waals surface area contributed by atoms with Crippen LogP contribution in [0.25, 0.3) is 0 Å². The summed E-state index contributed by atoms with van der Waals surface area (Å²) in [7, 11) is -13.5. The zero-order valence-corrected chi connectivity index (χ0v) is 40.4. The number of nitrogens with one attached hydrogen (secondary N) is 1. The van der Waals surface area contributed by atoms with Crippen molar-refractivity contribution in [3.8, 4) is 5.75 Å². The number of nitrogens with zero attached hydrogens (tertiary/aromatic N) is 7. The van der Waals surface area contributed by atoms with Crippen LogP contribution in [0.3, 0.4) is 0 Å². The Morgan fingerprint density at radius 3 is 2.15 bits per heavy atom. The number of anilines is 3. The predicted octanol–water partition coefficient (Wildman–Crippen LogP) is -8.04. The van der Waals surface area contributed by atoms with Crippen LogP contribution in [-0.2, 0) is 30.4 Å². The fourth-order valence-corrected chi connectivity index (χ4v) is 6.93. The molecule has 28 heteroatoms. The van der Waals surface area contributed by atoms with E-state index < -0.39 is 68.2 Å². The zero-order valence-electron chi connectivity index (χ0n) is 31.2. The molecule has 3 aromatic rings. The third-order valence-corrected chi connectivity index (χ3v) is 10.5. The molecule has 0 amide bonds. The molecular formula is C32H21ClN8Na3O13S3+. The van der Waals surface area contributed by atoms with Gasteiger partial charge in [-0.25, -0.2) is 4.99 Å². The summed E-state index contributed by atoms with van der Waals surface area (Å²) in [6.45, 7) is 0. The van der Waals surface area contributed by atoms with Crippen molar-refractivity contribution in [1.82, 2.24) is 15.0 Å². The van der Waals surface area contributed by atoms with Crippen LogP contribution in [0.4, 0.5) is 29.2 Å². The van der Waals surface area contributed by atoms with Gasteiger partial charge in [-0.05, 0) is 83.2 Å². The Labute approximate surface area is 411 Å². The molecule has 6 rings (SSSR count). The molecule has 0 spiro atoms. The first-order chi connectivity index (χ1) is 26.7. The Morgan fingerprint density at radius 1 is 0.867 bits per heavy atom. The normalized spacial score (nSPS) is 15.4. The first kappa shape index (κ1) is 50.9. The van der Waals surface area contributed by atoms with Crippen LogP contribution in [0.1, 0.15) is 0 Å². The minimum Gasteiger partial charge on any atom is -0.884 e. The Hall–Kier alpha value is -3.50. The molecule has 2 aromatic carbocycles. The van der Waals surface area contributed by atoms with Gasteiger partial charge >= 0.3 is 105 Å². The molecule has 21 nitrogen and oxygen atoms in total. The van der Waals surface area contributed by atoms with Gasteiger partial charge in [-0.1, -0.05) is 17.7 Å². The van der Waals surface area contributed by atoms with E-state index in [0.29, 0.717) is 0 Å². The number of ether oxygens (including phenoxy) is 1. The minimum absolute atomic E-state index is 0. The van der Waals surface area contributed by atoms with Crippen LogP contribution < -0.4 is 119 Å². The van der Waals surface area contributed by atoms with Gasteiger partial charge in [-0.2, -0.15) is 46.2 Å². The quantitative estimate of drug-likeness (QED) is 0.0509. The van der Waals surface area contributed by atoms with Crippen molar-refractivity contribution >= 4 is 82.6 Å². The van der Waals surface area contributed by atoms with Gasteiger partial charge in [-0.3, -0.25) is 18.6 Å². The molecule has 0 radical (unpaired) electrons. The number of rotatable bonds is 9. The summed E-state index contributed by atoms with van der Waals surface area (Å²) in [6.07, 6.45) is 9.53. The summed E-state index contributed by atoms with van der Waals surface area (Å²) in [4.78, 5) is 19.6. The molecule has 60 heavy (non-hydrogen) atoms. The molecule has 0 saturated heterocycles. The average molecular weight is 926 g/mol. The summed E-state index contributed by atoms with van der Waals surface area (Å²) in [5.41, 5.74) is -1.90. The molecule has 4 N–H and O–H groups in total. The van der Waals surface area contributed by atoms with E-state index in [9.17, 15) is 54.2 Å². The van der Waals surface area contributed by atoms with Crippen molar-refractivity contribution in [2.24, 2.45) is 10.1 Å². The topological polar surface area (TPSA) is 334 Å². The Morgan fingerprint density at radius 2 is 1.55 bits per heavy atom. The summed E-state index contributed by atoms with van der Waals surface area (Å²) >= 11 is 6.24. The minimum atomic E-state index is -5.19. The SMILES string of the molecule is COc1ccc(N=[N+]=C2C(S(=O)(=O)O)=CC3=CC(=Nc4nc(Nc5cc(S(=O)(=O)O)ccc5Cl)nc(N5C=CC(=C([O-])[O-])C=C5)n4)C=CC3=C2[O-])c(S(=O)(=O)O)c1.[Na+].[Na+].[Na+]. The van der Waals surface area contributed by atoms with Gasteiger partial charge in [0.05, 0.1) is 33.2 Å². The maximum Gasteiger partial charge on any atom is 1.00 e. The number of methoxy groups -OCH3 is 1. The van der Waals surface area contributed by atoms with E-state index in [0.717, 1.165) is 30.3 Å². The van der Waals surface area contributed by atoms with Gasteiger partial charge in [0.2, 0.25) is 11.9 Å². The number of aliphatic imine (C=N–C) groups is 1. The largest absolute Gasteiger partial charge is 1.00 e. The first-order valence-electron chi connectivity index (χ1n) is 15.3. The van der Waals surface area contributed by atoms with E-state index in [1.807, 2.05) is 0 Å². The number of fused-ring (bicyclic) bond motifs is 1. The first-order valence-corrected chi connectivity index (χ1v) is 20.0. The molecule has 0 saturated carbocycles. The van der Waals surface area contributed by atoms with Gasteiger partial charge in [0.25, 0.3) is 26.2 Å². The molecule has 0 unspecified atom stereocenters. The molecule has 2 aliphatic carbocycles. The van der Waals surface area contributed by atoms with Crippen LogP contribution in [0, 0.1) is 0 Å². The van der Waals surface area contributed by atoms with E-state index in [-0.39, 0.29) is 145 Å². The molecule has 1 aromatic heterocycles. The molecule has 3 aliphatic rings. The van der Waals surface area contributed by atoms with Gasteiger partial charge in [-0.15, -0.1) is 0 Å². The van der Waals surface area contributed by atoms with Crippen molar-refractivity contribution in [2.45, 2.75) is 9.79 Å². The maximum absolute atomic E-state index is 13.6. The second kappa shape index (κ2) is 20.1. The summed E-state index contributed by atoms with van der Waals surface area (Å²) < 4.78 is 107. The smallest absolute Gasteiger partial charge is 0.884 e. The van der Waals surface area contributed by atoms with Crippen molar-refractivity contribution in [1.29, 1.82) is 0 Å². The van der Waals surface area contributed by atoms with Crippen molar-refractivity contribution in [2.75, 3.05) is 17.3 Å². The molecule has 0 bridgehead atoms. The second-order valence-electron chi connectivity index (χ2n) is 11.3. The Balaban J connectivity index is 0.00000320. The van der Waals surface area contributed by atoms with Gasteiger partial charge in [0.15, 0.2) is 10.6 Å². The van der Waals surface area contributed by atoms with Gasteiger partial charge < -0.3 is 25.4 Å². The number of benzene rings is 2.